The number of rotatable bonds is 3. The average molecular weight is 278 g/mol. The monoisotopic (exact) mass is 278 g/mol. The lowest BCUT2D eigenvalue weighted by Gasteiger charge is -2.27. The first-order valence-corrected chi connectivity index (χ1v) is 7.17. The Kier molecular flexibility index (Phi) is 4.01. The molecule has 2 heterocycles. The van der Waals surface area contributed by atoms with Gasteiger partial charge in [0, 0.05) is 34.2 Å². The lowest BCUT2D eigenvalue weighted by Crippen LogP contribution is -2.28. The molecule has 0 aromatic carbocycles. The van der Waals surface area contributed by atoms with E-state index in [1.165, 1.54) is 6.42 Å². The van der Waals surface area contributed by atoms with Gasteiger partial charge in [0.25, 0.3) is 0 Å². The van der Waals surface area contributed by atoms with E-state index in [1.807, 2.05) is 26.0 Å². The molecule has 1 N–H and O–H groups in total. The van der Waals surface area contributed by atoms with Crippen LogP contribution in [0.3, 0.4) is 0 Å². The molecule has 1 atom stereocenters. The summed E-state index contributed by atoms with van der Waals surface area (Å²) in [6.07, 6.45) is 1.20. The quantitative estimate of drug-likeness (QED) is 0.910. The van der Waals surface area contributed by atoms with E-state index in [-0.39, 0.29) is 0 Å². The maximum absolute atomic E-state index is 4.57. The number of hydrogen-bond acceptors (Lipinski definition) is 6. The number of nitrogens with zero attached hydrogens (tertiary/aromatic N) is 5. The van der Waals surface area contributed by atoms with Crippen LogP contribution in [0.2, 0.25) is 0 Å². The Morgan fingerprint density at radius 1 is 1.20 bits per heavy atom. The second-order valence-corrected chi connectivity index (χ2v) is 6.70. The van der Waals surface area contributed by atoms with Crippen LogP contribution >= 0.6 is 0 Å². The predicted molar refractivity (Wildman–Crippen MR) is 83.5 cm³/mol. The molecular formula is C14H26N6. The lowest BCUT2D eigenvalue weighted by molar-refractivity contribution is 0.263. The van der Waals surface area contributed by atoms with E-state index in [1.54, 1.807) is 0 Å². The van der Waals surface area contributed by atoms with E-state index >= 15 is 0 Å². The van der Waals surface area contributed by atoms with Crippen molar-refractivity contribution in [1.29, 1.82) is 0 Å². The molecule has 2 rings (SSSR count). The van der Waals surface area contributed by atoms with Crippen LogP contribution in [-0.2, 0) is 0 Å². The minimum Gasteiger partial charge on any atom is -0.357 e. The van der Waals surface area contributed by atoms with E-state index in [4.69, 9.17) is 0 Å². The molecular weight excluding hydrogens is 252 g/mol. The maximum Gasteiger partial charge on any atom is 0.231 e. The Hall–Kier alpha value is -1.59. The van der Waals surface area contributed by atoms with Crippen molar-refractivity contribution in [3.63, 3.8) is 0 Å². The summed E-state index contributed by atoms with van der Waals surface area (Å²) in [7, 11) is 5.72. The first-order chi connectivity index (χ1) is 9.31. The highest BCUT2D eigenvalue weighted by Crippen LogP contribution is 2.35. The van der Waals surface area contributed by atoms with Gasteiger partial charge >= 0.3 is 0 Å². The number of anilines is 3. The van der Waals surface area contributed by atoms with Gasteiger partial charge in [0.2, 0.25) is 17.8 Å². The molecule has 1 aromatic rings. The van der Waals surface area contributed by atoms with E-state index < -0.39 is 0 Å². The summed E-state index contributed by atoms with van der Waals surface area (Å²) in [5.41, 5.74) is 0.331. The molecule has 0 spiro atoms. The van der Waals surface area contributed by atoms with Crippen LogP contribution in [0.4, 0.5) is 17.8 Å². The summed E-state index contributed by atoms with van der Waals surface area (Å²) in [6.45, 7) is 8.95. The summed E-state index contributed by atoms with van der Waals surface area (Å²) in [5.74, 6) is 2.77. The van der Waals surface area contributed by atoms with Crippen LogP contribution in [0.5, 0.6) is 0 Å². The first kappa shape index (κ1) is 14.8. The van der Waals surface area contributed by atoms with Gasteiger partial charge in [0.15, 0.2) is 0 Å². The molecule has 1 fully saturated rings. The van der Waals surface area contributed by atoms with Crippen molar-refractivity contribution in [3.05, 3.63) is 0 Å². The van der Waals surface area contributed by atoms with Crippen LogP contribution in [0, 0.1) is 11.3 Å². The number of hydrogen-bond donors (Lipinski definition) is 1. The highest BCUT2D eigenvalue weighted by atomic mass is 15.4. The summed E-state index contributed by atoms with van der Waals surface area (Å²) in [4.78, 5) is 17.6. The number of nitrogens with one attached hydrogen (secondary N) is 1. The van der Waals surface area contributed by atoms with Crippen molar-refractivity contribution in [2.45, 2.75) is 27.2 Å². The second kappa shape index (κ2) is 5.42. The van der Waals surface area contributed by atoms with Gasteiger partial charge in [-0.15, -0.1) is 0 Å². The minimum atomic E-state index is 0.331. The van der Waals surface area contributed by atoms with Gasteiger partial charge in [-0.1, -0.05) is 20.8 Å². The molecule has 20 heavy (non-hydrogen) atoms. The summed E-state index contributed by atoms with van der Waals surface area (Å²) < 4.78 is 0. The largest absolute Gasteiger partial charge is 0.357 e. The average Bonchev–Trinajstić information content (AvgIpc) is 2.87. The fourth-order valence-corrected chi connectivity index (χ4v) is 2.46. The molecule has 0 aliphatic carbocycles. The topological polar surface area (TPSA) is 57.2 Å². The third-order valence-corrected chi connectivity index (χ3v) is 3.93. The predicted octanol–water partition coefficient (Wildman–Crippen LogP) is 1.85. The van der Waals surface area contributed by atoms with Gasteiger partial charge in [-0.25, -0.2) is 0 Å². The Bertz CT molecular complexity index is 465. The van der Waals surface area contributed by atoms with Crippen molar-refractivity contribution in [2.24, 2.45) is 11.3 Å². The van der Waals surface area contributed by atoms with Gasteiger partial charge in [-0.3, -0.25) is 0 Å². The highest BCUT2D eigenvalue weighted by Gasteiger charge is 2.33. The third kappa shape index (κ3) is 3.11. The lowest BCUT2D eigenvalue weighted by atomic mass is 9.80. The second-order valence-electron chi connectivity index (χ2n) is 6.70. The molecule has 0 radical (unpaired) electrons. The van der Waals surface area contributed by atoms with Crippen molar-refractivity contribution in [2.75, 3.05) is 49.3 Å². The molecule has 0 amide bonds. The molecule has 1 aromatic heterocycles. The van der Waals surface area contributed by atoms with Gasteiger partial charge in [0.1, 0.15) is 0 Å². The molecule has 0 bridgehead atoms. The van der Waals surface area contributed by atoms with E-state index in [0.717, 1.165) is 19.0 Å². The molecule has 112 valence electrons. The molecule has 1 unspecified atom stereocenters. The highest BCUT2D eigenvalue weighted by molar-refractivity contribution is 5.44. The standard InChI is InChI=1S/C14H26N6/c1-14(2,3)10-7-8-20(9-10)13-17-11(15-4)16-12(18-13)19(5)6/h10H,7-9H2,1-6H3,(H,15,16,17,18). The van der Waals surface area contributed by atoms with Crippen molar-refractivity contribution in [1.82, 2.24) is 15.0 Å². The zero-order valence-corrected chi connectivity index (χ0v) is 13.4. The summed E-state index contributed by atoms with van der Waals surface area (Å²) >= 11 is 0. The van der Waals surface area contributed by atoms with Crippen LogP contribution in [0.15, 0.2) is 0 Å². The molecule has 1 aliphatic rings. The smallest absolute Gasteiger partial charge is 0.231 e. The third-order valence-electron chi connectivity index (χ3n) is 3.93. The van der Waals surface area contributed by atoms with Crippen LogP contribution in [0.25, 0.3) is 0 Å². The molecule has 6 nitrogen and oxygen atoms in total. The number of aromatic nitrogens is 3. The van der Waals surface area contributed by atoms with Gasteiger partial charge < -0.3 is 15.1 Å². The Morgan fingerprint density at radius 2 is 1.90 bits per heavy atom. The first-order valence-electron chi connectivity index (χ1n) is 7.17. The van der Waals surface area contributed by atoms with Crippen molar-refractivity contribution >= 4 is 17.8 Å². The van der Waals surface area contributed by atoms with Crippen molar-refractivity contribution < 1.29 is 0 Å². The Balaban J connectivity index is 2.23. The van der Waals surface area contributed by atoms with E-state index in [2.05, 4.69) is 45.9 Å². The molecule has 6 heteroatoms. The zero-order valence-electron chi connectivity index (χ0n) is 13.4. The SMILES string of the molecule is CNc1nc(N(C)C)nc(N2CCC(C(C)(C)C)C2)n1. The normalized spacial score (nSPS) is 19.3. The van der Waals surface area contributed by atoms with Crippen LogP contribution < -0.4 is 15.1 Å². The molecule has 1 aliphatic heterocycles. The Morgan fingerprint density at radius 3 is 2.40 bits per heavy atom. The van der Waals surface area contributed by atoms with Crippen LogP contribution in [0.1, 0.15) is 27.2 Å². The summed E-state index contributed by atoms with van der Waals surface area (Å²) in [6, 6.07) is 0. The summed E-state index contributed by atoms with van der Waals surface area (Å²) in [5, 5.41) is 3.01. The zero-order chi connectivity index (χ0) is 14.9. The maximum atomic E-state index is 4.57. The molecule has 1 saturated heterocycles. The van der Waals surface area contributed by atoms with Gasteiger partial charge in [-0.05, 0) is 17.8 Å². The van der Waals surface area contributed by atoms with E-state index in [9.17, 15) is 0 Å². The fraction of sp³-hybridized carbons (Fsp3) is 0.786. The van der Waals surface area contributed by atoms with Crippen molar-refractivity contribution in [3.8, 4) is 0 Å². The van der Waals surface area contributed by atoms with Crippen LogP contribution in [-0.4, -0.2) is 49.2 Å². The minimum absolute atomic E-state index is 0.331. The van der Waals surface area contributed by atoms with Gasteiger partial charge in [-0.2, -0.15) is 15.0 Å². The molecule has 0 saturated carbocycles. The Labute approximate surface area is 121 Å². The van der Waals surface area contributed by atoms with Gasteiger partial charge in [0.05, 0.1) is 0 Å². The van der Waals surface area contributed by atoms with E-state index in [0.29, 0.717) is 23.2 Å². The fourth-order valence-electron chi connectivity index (χ4n) is 2.46.